The molecule has 2 aromatic rings. The molecule has 2 rings (SSSR count). The van der Waals surface area contributed by atoms with Crippen LogP contribution in [-0.4, -0.2) is 11.4 Å². The Bertz CT molecular complexity index is 494. The zero-order valence-electron chi connectivity index (χ0n) is 8.45. The maximum absolute atomic E-state index is 7.53. The van der Waals surface area contributed by atoms with Crippen molar-refractivity contribution in [3.63, 3.8) is 0 Å². The molecule has 3 heteroatoms. The first kappa shape index (κ1) is 10.1. The number of anilines is 1. The van der Waals surface area contributed by atoms with Crippen LogP contribution in [-0.2, 0) is 0 Å². The van der Waals surface area contributed by atoms with Gasteiger partial charge in [0.2, 0.25) is 0 Å². The van der Waals surface area contributed by atoms with Crippen molar-refractivity contribution in [2.45, 2.75) is 0 Å². The van der Waals surface area contributed by atoms with Gasteiger partial charge in [0, 0.05) is 5.69 Å². The van der Waals surface area contributed by atoms with E-state index in [1.807, 2.05) is 24.5 Å². The van der Waals surface area contributed by atoms with E-state index < -0.39 is 0 Å². The molecule has 2 N–H and O–H groups in total. The summed E-state index contributed by atoms with van der Waals surface area (Å²) in [6.07, 6.45) is 1.89. The van der Waals surface area contributed by atoms with Gasteiger partial charge in [0.15, 0.2) is 5.17 Å². The number of benzene rings is 2. The van der Waals surface area contributed by atoms with E-state index in [9.17, 15) is 0 Å². The molecule has 0 saturated carbocycles. The molecule has 0 saturated heterocycles. The highest BCUT2D eigenvalue weighted by Gasteiger charge is 1.97. The van der Waals surface area contributed by atoms with Gasteiger partial charge in [-0.2, -0.15) is 0 Å². The number of amidine groups is 1. The molecule has 0 aliphatic carbocycles. The SMILES string of the molecule is CSC(=N)Nc1ccc2ccccc2c1. The second-order valence-electron chi connectivity index (χ2n) is 3.22. The maximum Gasteiger partial charge on any atom is 0.157 e. The third kappa shape index (κ3) is 2.30. The van der Waals surface area contributed by atoms with Crippen molar-refractivity contribution in [2.24, 2.45) is 0 Å². The third-order valence-corrected chi connectivity index (χ3v) is 2.72. The van der Waals surface area contributed by atoms with Gasteiger partial charge in [-0.05, 0) is 29.2 Å². The Labute approximate surface area is 93.2 Å². The summed E-state index contributed by atoms with van der Waals surface area (Å²) in [5.41, 5.74) is 0.966. The number of hydrogen-bond acceptors (Lipinski definition) is 2. The van der Waals surface area contributed by atoms with Crippen molar-refractivity contribution in [3.8, 4) is 0 Å². The van der Waals surface area contributed by atoms with Gasteiger partial charge in [-0.1, -0.05) is 42.1 Å². The van der Waals surface area contributed by atoms with E-state index in [0.29, 0.717) is 5.17 Å². The largest absolute Gasteiger partial charge is 0.335 e. The van der Waals surface area contributed by atoms with Crippen molar-refractivity contribution < 1.29 is 0 Å². The lowest BCUT2D eigenvalue weighted by atomic mass is 10.1. The van der Waals surface area contributed by atoms with Gasteiger partial charge in [-0.15, -0.1) is 0 Å². The van der Waals surface area contributed by atoms with Gasteiger partial charge < -0.3 is 5.32 Å². The fourth-order valence-corrected chi connectivity index (χ4v) is 1.67. The van der Waals surface area contributed by atoms with E-state index >= 15 is 0 Å². The molecule has 0 bridgehead atoms. The van der Waals surface area contributed by atoms with Gasteiger partial charge in [0.25, 0.3) is 0 Å². The van der Waals surface area contributed by atoms with E-state index in [1.165, 1.54) is 22.5 Å². The zero-order valence-corrected chi connectivity index (χ0v) is 9.27. The Balaban J connectivity index is 2.34. The first-order valence-corrected chi connectivity index (χ1v) is 5.90. The van der Waals surface area contributed by atoms with Crippen LogP contribution in [0.1, 0.15) is 0 Å². The number of fused-ring (bicyclic) bond motifs is 1. The lowest BCUT2D eigenvalue weighted by Crippen LogP contribution is -2.04. The molecule has 0 fully saturated rings. The first-order valence-electron chi connectivity index (χ1n) is 4.68. The Morgan fingerprint density at radius 3 is 2.60 bits per heavy atom. The van der Waals surface area contributed by atoms with E-state index in [-0.39, 0.29) is 0 Å². The number of thioether (sulfide) groups is 1. The molecule has 0 aliphatic heterocycles. The van der Waals surface area contributed by atoms with Crippen LogP contribution in [0.2, 0.25) is 0 Å². The Hall–Kier alpha value is -1.48. The first-order chi connectivity index (χ1) is 7.29. The molecule has 0 heterocycles. The van der Waals surface area contributed by atoms with Crippen LogP contribution < -0.4 is 5.32 Å². The summed E-state index contributed by atoms with van der Waals surface area (Å²) in [5.74, 6) is 0. The van der Waals surface area contributed by atoms with E-state index in [4.69, 9.17) is 5.41 Å². The molecule has 76 valence electrons. The lowest BCUT2D eigenvalue weighted by molar-refractivity contribution is 1.52. The molecule has 0 aromatic heterocycles. The summed E-state index contributed by atoms with van der Waals surface area (Å²) >= 11 is 1.40. The molecule has 0 aliphatic rings. The summed E-state index contributed by atoms with van der Waals surface area (Å²) in [6, 6.07) is 14.3. The standard InChI is InChI=1S/C12H12N2S/c1-15-12(13)14-11-7-6-9-4-2-3-5-10(9)8-11/h2-8H,1H3,(H2,13,14). The minimum atomic E-state index is 0.463. The third-order valence-electron chi connectivity index (χ3n) is 2.21. The predicted molar refractivity (Wildman–Crippen MR) is 68.8 cm³/mol. The van der Waals surface area contributed by atoms with E-state index in [1.54, 1.807) is 0 Å². The fraction of sp³-hybridized carbons (Fsp3) is 0.0833. The Morgan fingerprint density at radius 1 is 1.13 bits per heavy atom. The number of nitrogens with one attached hydrogen (secondary N) is 2. The van der Waals surface area contributed by atoms with Gasteiger partial charge in [-0.25, -0.2) is 0 Å². The molecule has 0 amide bonds. The van der Waals surface area contributed by atoms with Crippen molar-refractivity contribution in [1.29, 1.82) is 5.41 Å². The van der Waals surface area contributed by atoms with Crippen LogP contribution >= 0.6 is 11.8 Å². The molecule has 15 heavy (non-hydrogen) atoms. The number of hydrogen-bond donors (Lipinski definition) is 2. The second kappa shape index (κ2) is 4.36. The molecule has 0 spiro atoms. The monoisotopic (exact) mass is 216 g/mol. The zero-order chi connectivity index (χ0) is 10.7. The highest BCUT2D eigenvalue weighted by atomic mass is 32.2. The van der Waals surface area contributed by atoms with Crippen LogP contribution in [0.3, 0.4) is 0 Å². The minimum Gasteiger partial charge on any atom is -0.335 e. The van der Waals surface area contributed by atoms with Gasteiger partial charge in [-0.3, -0.25) is 5.41 Å². The summed E-state index contributed by atoms with van der Waals surface area (Å²) in [4.78, 5) is 0. The average molecular weight is 216 g/mol. The topological polar surface area (TPSA) is 35.9 Å². The quantitative estimate of drug-likeness (QED) is 0.565. The lowest BCUT2D eigenvalue weighted by Gasteiger charge is -2.06. The van der Waals surface area contributed by atoms with Crippen molar-refractivity contribution in [3.05, 3.63) is 42.5 Å². The van der Waals surface area contributed by atoms with Crippen molar-refractivity contribution >= 4 is 33.4 Å². The molecule has 0 radical (unpaired) electrons. The fourth-order valence-electron chi connectivity index (χ4n) is 1.45. The molecular formula is C12H12N2S. The smallest absolute Gasteiger partial charge is 0.157 e. The van der Waals surface area contributed by atoms with Crippen molar-refractivity contribution in [1.82, 2.24) is 0 Å². The highest BCUT2D eigenvalue weighted by molar-refractivity contribution is 8.13. The van der Waals surface area contributed by atoms with Crippen LogP contribution in [0, 0.1) is 5.41 Å². The Morgan fingerprint density at radius 2 is 1.87 bits per heavy atom. The predicted octanol–water partition coefficient (Wildman–Crippen LogP) is 3.55. The van der Waals surface area contributed by atoms with Gasteiger partial charge in [0.1, 0.15) is 0 Å². The normalized spacial score (nSPS) is 10.2. The average Bonchev–Trinajstić information content (AvgIpc) is 2.29. The van der Waals surface area contributed by atoms with Crippen LogP contribution in [0.15, 0.2) is 42.5 Å². The number of rotatable bonds is 1. The van der Waals surface area contributed by atoms with Crippen LogP contribution in [0.4, 0.5) is 5.69 Å². The maximum atomic E-state index is 7.53. The van der Waals surface area contributed by atoms with Crippen LogP contribution in [0.25, 0.3) is 10.8 Å². The van der Waals surface area contributed by atoms with Gasteiger partial charge in [0.05, 0.1) is 0 Å². The molecule has 0 atom stereocenters. The van der Waals surface area contributed by atoms with E-state index in [2.05, 4.69) is 29.6 Å². The summed E-state index contributed by atoms with van der Waals surface area (Å²) in [5, 5.41) is 13.4. The summed E-state index contributed by atoms with van der Waals surface area (Å²) < 4.78 is 0. The molecular weight excluding hydrogens is 204 g/mol. The Kier molecular flexibility index (Phi) is 2.92. The summed E-state index contributed by atoms with van der Waals surface area (Å²) in [7, 11) is 0. The second-order valence-corrected chi connectivity index (χ2v) is 4.04. The van der Waals surface area contributed by atoms with E-state index in [0.717, 1.165) is 5.69 Å². The minimum absolute atomic E-state index is 0.463. The van der Waals surface area contributed by atoms with Crippen LogP contribution in [0.5, 0.6) is 0 Å². The molecule has 2 nitrogen and oxygen atoms in total. The van der Waals surface area contributed by atoms with Crippen molar-refractivity contribution in [2.75, 3.05) is 11.6 Å². The molecule has 2 aromatic carbocycles. The molecule has 0 unspecified atom stereocenters. The van der Waals surface area contributed by atoms with Gasteiger partial charge >= 0.3 is 0 Å². The summed E-state index contributed by atoms with van der Waals surface area (Å²) in [6.45, 7) is 0. The highest BCUT2D eigenvalue weighted by Crippen LogP contribution is 2.19.